The average molecular weight is 281 g/mol. The van der Waals surface area contributed by atoms with E-state index in [9.17, 15) is 4.79 Å². The van der Waals surface area contributed by atoms with Crippen LogP contribution in [0.4, 0.5) is 0 Å². The normalized spacial score (nSPS) is 21.4. The van der Waals surface area contributed by atoms with E-state index in [1.165, 1.54) is 0 Å². The summed E-state index contributed by atoms with van der Waals surface area (Å²) in [5.41, 5.74) is 1.05. The fourth-order valence-corrected chi connectivity index (χ4v) is 2.38. The van der Waals surface area contributed by atoms with Gasteiger partial charge in [-0.05, 0) is 6.42 Å². The van der Waals surface area contributed by atoms with Crippen LogP contribution in [0, 0.1) is 5.92 Å². The zero-order chi connectivity index (χ0) is 14.5. The predicted molar refractivity (Wildman–Crippen MR) is 70.7 cm³/mol. The Balaban J connectivity index is 2.05. The summed E-state index contributed by atoms with van der Waals surface area (Å²) in [7, 11) is 1.55. The third kappa shape index (κ3) is 2.98. The Morgan fingerprint density at radius 2 is 2.50 bits per heavy atom. The minimum atomic E-state index is -0.161. The number of carbonyl (C=O) groups excluding carboxylic acids is 1. The Hall–Kier alpha value is -1.89. The smallest absolute Gasteiger partial charge is 0.276 e. The van der Waals surface area contributed by atoms with Crippen molar-refractivity contribution in [2.75, 3.05) is 20.2 Å². The standard InChI is InChI=1S/C13H19N3O4/c1-3-9-7-16(5-4-11(9)14-18)13(17)12-6-10(8-19-2)20-15-12/h6,9,18H,3-5,7-8H2,1-2H3/b14-11+. The number of hydrogen-bond donors (Lipinski definition) is 1. The van der Waals surface area contributed by atoms with Crippen molar-refractivity contribution in [2.45, 2.75) is 26.4 Å². The van der Waals surface area contributed by atoms with Crippen molar-refractivity contribution in [3.8, 4) is 0 Å². The molecule has 0 spiro atoms. The van der Waals surface area contributed by atoms with Gasteiger partial charge in [0.2, 0.25) is 0 Å². The number of ether oxygens (including phenoxy) is 1. The summed E-state index contributed by atoms with van der Waals surface area (Å²) in [6, 6.07) is 1.60. The minimum Gasteiger partial charge on any atom is -0.411 e. The van der Waals surface area contributed by atoms with Gasteiger partial charge in [-0.15, -0.1) is 0 Å². The summed E-state index contributed by atoms with van der Waals surface area (Å²) >= 11 is 0. The number of piperidine rings is 1. The van der Waals surface area contributed by atoms with E-state index >= 15 is 0 Å². The van der Waals surface area contributed by atoms with Crippen LogP contribution in [-0.4, -0.2) is 47.1 Å². The molecule has 1 aliphatic rings. The van der Waals surface area contributed by atoms with E-state index in [2.05, 4.69) is 10.3 Å². The van der Waals surface area contributed by atoms with E-state index in [-0.39, 0.29) is 17.5 Å². The Kier molecular flexibility index (Phi) is 4.73. The number of carbonyl (C=O) groups is 1. The Bertz CT molecular complexity index is 498. The SMILES string of the molecule is CCC1CN(C(=O)c2cc(COC)on2)CC/C1=N\O. The number of aromatic nitrogens is 1. The van der Waals surface area contributed by atoms with Crippen LogP contribution >= 0.6 is 0 Å². The number of amides is 1. The third-order valence-electron chi connectivity index (χ3n) is 3.52. The molecule has 0 bridgehead atoms. The molecule has 2 rings (SSSR count). The molecule has 0 saturated carbocycles. The van der Waals surface area contributed by atoms with Crippen molar-refractivity contribution in [1.82, 2.24) is 10.1 Å². The second kappa shape index (κ2) is 6.51. The van der Waals surface area contributed by atoms with Crippen molar-refractivity contribution >= 4 is 11.6 Å². The van der Waals surface area contributed by atoms with E-state index in [0.29, 0.717) is 31.9 Å². The fourth-order valence-electron chi connectivity index (χ4n) is 2.38. The van der Waals surface area contributed by atoms with Crippen LogP contribution in [0.1, 0.15) is 36.0 Å². The highest BCUT2D eigenvalue weighted by molar-refractivity contribution is 5.95. The third-order valence-corrected chi connectivity index (χ3v) is 3.52. The second-order valence-electron chi connectivity index (χ2n) is 4.81. The summed E-state index contributed by atoms with van der Waals surface area (Å²) in [6.45, 7) is 3.37. The van der Waals surface area contributed by atoms with E-state index in [4.69, 9.17) is 14.5 Å². The quantitative estimate of drug-likeness (QED) is 0.667. The molecule has 110 valence electrons. The van der Waals surface area contributed by atoms with Gasteiger partial charge < -0.3 is 19.4 Å². The molecule has 1 aromatic heterocycles. The Morgan fingerprint density at radius 1 is 1.70 bits per heavy atom. The van der Waals surface area contributed by atoms with Gasteiger partial charge in [0.15, 0.2) is 11.5 Å². The maximum absolute atomic E-state index is 12.3. The highest BCUT2D eigenvalue weighted by Gasteiger charge is 2.29. The molecule has 2 heterocycles. The number of oxime groups is 1. The lowest BCUT2D eigenvalue weighted by molar-refractivity contribution is 0.0718. The highest BCUT2D eigenvalue weighted by atomic mass is 16.5. The summed E-state index contributed by atoms with van der Waals surface area (Å²) in [5, 5.41) is 16.0. The van der Waals surface area contributed by atoms with Crippen LogP contribution < -0.4 is 0 Å². The molecular formula is C13H19N3O4. The first-order chi connectivity index (χ1) is 9.69. The van der Waals surface area contributed by atoms with Gasteiger partial charge in [0.1, 0.15) is 6.61 Å². The number of methoxy groups -OCH3 is 1. The van der Waals surface area contributed by atoms with Crippen LogP contribution in [0.15, 0.2) is 15.7 Å². The molecule has 1 aliphatic heterocycles. The number of hydrogen-bond acceptors (Lipinski definition) is 6. The highest BCUT2D eigenvalue weighted by Crippen LogP contribution is 2.19. The second-order valence-corrected chi connectivity index (χ2v) is 4.81. The lowest BCUT2D eigenvalue weighted by Gasteiger charge is -2.32. The fraction of sp³-hybridized carbons (Fsp3) is 0.615. The summed E-state index contributed by atoms with van der Waals surface area (Å²) in [5.74, 6) is 0.465. The van der Waals surface area contributed by atoms with Gasteiger partial charge in [-0.1, -0.05) is 17.2 Å². The monoisotopic (exact) mass is 281 g/mol. The molecule has 1 unspecified atom stereocenters. The van der Waals surface area contributed by atoms with Gasteiger partial charge >= 0.3 is 0 Å². The summed E-state index contributed by atoms with van der Waals surface area (Å²) in [6.07, 6.45) is 1.42. The number of likely N-dealkylation sites (tertiary alicyclic amines) is 1. The first-order valence-electron chi connectivity index (χ1n) is 6.64. The van der Waals surface area contributed by atoms with Crippen LogP contribution in [0.3, 0.4) is 0 Å². The molecule has 0 radical (unpaired) electrons. The summed E-state index contributed by atoms with van der Waals surface area (Å²) < 4.78 is 9.95. The van der Waals surface area contributed by atoms with E-state index in [1.54, 1.807) is 18.1 Å². The molecule has 20 heavy (non-hydrogen) atoms. The molecule has 0 aromatic carbocycles. The van der Waals surface area contributed by atoms with E-state index in [1.807, 2.05) is 6.92 Å². The van der Waals surface area contributed by atoms with Crippen LogP contribution in [-0.2, 0) is 11.3 Å². The summed E-state index contributed by atoms with van der Waals surface area (Å²) in [4.78, 5) is 14.1. The first kappa shape index (κ1) is 14.5. The van der Waals surface area contributed by atoms with Gasteiger partial charge in [0, 0.05) is 38.6 Å². The first-order valence-corrected chi connectivity index (χ1v) is 6.64. The van der Waals surface area contributed by atoms with Gasteiger partial charge in [0.05, 0.1) is 5.71 Å². The van der Waals surface area contributed by atoms with Gasteiger partial charge in [-0.3, -0.25) is 4.79 Å². The predicted octanol–water partition coefficient (Wildman–Crippen LogP) is 1.52. The molecule has 1 atom stereocenters. The maximum atomic E-state index is 12.3. The topological polar surface area (TPSA) is 88.2 Å². The zero-order valence-corrected chi connectivity index (χ0v) is 11.7. The van der Waals surface area contributed by atoms with Crippen LogP contribution in [0.5, 0.6) is 0 Å². The van der Waals surface area contributed by atoms with Crippen LogP contribution in [0.25, 0.3) is 0 Å². The van der Waals surface area contributed by atoms with E-state index in [0.717, 1.165) is 12.1 Å². The van der Waals surface area contributed by atoms with Gasteiger partial charge in [-0.2, -0.15) is 0 Å². The molecule has 1 amide bonds. The Morgan fingerprint density at radius 3 is 3.15 bits per heavy atom. The molecule has 0 aliphatic carbocycles. The van der Waals surface area contributed by atoms with Crippen molar-refractivity contribution in [3.63, 3.8) is 0 Å². The molecule has 7 nitrogen and oxygen atoms in total. The lowest BCUT2D eigenvalue weighted by atomic mass is 9.93. The molecule has 1 aromatic rings. The van der Waals surface area contributed by atoms with Gasteiger partial charge in [-0.25, -0.2) is 0 Å². The number of nitrogens with zero attached hydrogens (tertiary/aromatic N) is 3. The van der Waals surface area contributed by atoms with Crippen molar-refractivity contribution in [2.24, 2.45) is 11.1 Å². The van der Waals surface area contributed by atoms with Crippen molar-refractivity contribution < 1.29 is 19.3 Å². The molecule has 1 saturated heterocycles. The van der Waals surface area contributed by atoms with Gasteiger partial charge in [0.25, 0.3) is 5.91 Å². The average Bonchev–Trinajstić information content (AvgIpc) is 2.94. The van der Waals surface area contributed by atoms with Crippen LogP contribution in [0.2, 0.25) is 0 Å². The zero-order valence-electron chi connectivity index (χ0n) is 11.7. The maximum Gasteiger partial charge on any atom is 0.276 e. The van der Waals surface area contributed by atoms with Crippen molar-refractivity contribution in [3.05, 3.63) is 17.5 Å². The number of rotatable bonds is 4. The Labute approximate surface area is 117 Å². The molecular weight excluding hydrogens is 262 g/mol. The molecule has 1 fully saturated rings. The lowest BCUT2D eigenvalue weighted by Crippen LogP contribution is -2.44. The molecule has 1 N–H and O–H groups in total. The van der Waals surface area contributed by atoms with E-state index < -0.39 is 0 Å². The minimum absolute atomic E-state index is 0.100. The molecule has 7 heteroatoms. The van der Waals surface area contributed by atoms with Crippen molar-refractivity contribution in [1.29, 1.82) is 0 Å². The largest absolute Gasteiger partial charge is 0.411 e.